The Morgan fingerprint density at radius 1 is 1.37 bits per heavy atom. The van der Waals surface area contributed by atoms with E-state index in [-0.39, 0.29) is 18.4 Å². The van der Waals surface area contributed by atoms with Gasteiger partial charge < -0.3 is 20.5 Å². The highest BCUT2D eigenvalue weighted by molar-refractivity contribution is 5.84. The average Bonchev–Trinajstić information content (AvgIpc) is 2.44. The molecule has 0 aromatic carbocycles. The van der Waals surface area contributed by atoms with Crippen LogP contribution < -0.4 is 11.1 Å². The molecule has 6 nitrogen and oxygen atoms in total. The Balaban J connectivity index is 2.61. The number of hydrogen-bond donors (Lipinski definition) is 2. The fourth-order valence-electron chi connectivity index (χ4n) is 2.12. The van der Waals surface area contributed by atoms with Crippen molar-refractivity contribution in [2.45, 2.75) is 26.7 Å². The maximum Gasteiger partial charge on any atom is 0.313 e. The van der Waals surface area contributed by atoms with Crippen LogP contribution in [0.3, 0.4) is 0 Å². The van der Waals surface area contributed by atoms with E-state index in [0.717, 1.165) is 0 Å². The van der Waals surface area contributed by atoms with Crippen LogP contribution in [0.1, 0.15) is 26.7 Å². The van der Waals surface area contributed by atoms with E-state index in [2.05, 4.69) is 5.32 Å². The maximum absolute atomic E-state index is 12.3. The zero-order valence-corrected chi connectivity index (χ0v) is 12.0. The van der Waals surface area contributed by atoms with Gasteiger partial charge in [0.25, 0.3) is 0 Å². The summed E-state index contributed by atoms with van der Waals surface area (Å²) in [6.45, 7) is 5.09. The van der Waals surface area contributed by atoms with Gasteiger partial charge in [0.1, 0.15) is 0 Å². The fourth-order valence-corrected chi connectivity index (χ4v) is 2.12. The van der Waals surface area contributed by atoms with Crippen molar-refractivity contribution in [2.24, 2.45) is 16.6 Å². The van der Waals surface area contributed by atoms with Crippen LogP contribution in [0.2, 0.25) is 0 Å². The van der Waals surface area contributed by atoms with E-state index in [1.54, 1.807) is 13.8 Å². The molecule has 0 saturated carbocycles. The average molecular weight is 272 g/mol. The summed E-state index contributed by atoms with van der Waals surface area (Å²) in [5.41, 5.74) is 4.45. The number of carbonyl (C=O) groups excluding carboxylic acids is 2. The molecule has 0 spiro atoms. The van der Waals surface area contributed by atoms with E-state index in [4.69, 9.17) is 15.2 Å². The smallest absolute Gasteiger partial charge is 0.313 e. The zero-order chi connectivity index (χ0) is 14.5. The van der Waals surface area contributed by atoms with Crippen LogP contribution in [0.5, 0.6) is 0 Å². The van der Waals surface area contributed by atoms with Gasteiger partial charge in [0.2, 0.25) is 5.91 Å². The second-order valence-corrected chi connectivity index (χ2v) is 5.65. The van der Waals surface area contributed by atoms with E-state index < -0.39 is 10.8 Å². The largest absolute Gasteiger partial charge is 0.469 e. The van der Waals surface area contributed by atoms with Crippen molar-refractivity contribution >= 4 is 11.9 Å². The molecule has 1 saturated heterocycles. The van der Waals surface area contributed by atoms with E-state index in [9.17, 15) is 9.59 Å². The van der Waals surface area contributed by atoms with Crippen molar-refractivity contribution in [2.75, 3.05) is 33.4 Å². The molecule has 0 aromatic rings. The van der Waals surface area contributed by atoms with Crippen molar-refractivity contribution in [3.05, 3.63) is 0 Å². The molecule has 1 aliphatic heterocycles. The zero-order valence-electron chi connectivity index (χ0n) is 12.0. The Morgan fingerprint density at radius 2 is 1.95 bits per heavy atom. The van der Waals surface area contributed by atoms with Crippen LogP contribution in [0.15, 0.2) is 0 Å². The first-order valence-corrected chi connectivity index (χ1v) is 6.52. The lowest BCUT2D eigenvalue weighted by Gasteiger charge is -2.35. The highest BCUT2D eigenvalue weighted by Gasteiger charge is 2.40. The van der Waals surface area contributed by atoms with E-state index in [0.29, 0.717) is 32.6 Å². The minimum absolute atomic E-state index is 0.102. The first-order chi connectivity index (χ1) is 8.88. The minimum atomic E-state index is -0.745. The molecule has 1 rings (SSSR count). The van der Waals surface area contributed by atoms with Crippen molar-refractivity contribution < 1.29 is 19.1 Å². The van der Waals surface area contributed by atoms with E-state index >= 15 is 0 Å². The molecular formula is C13H24N2O4. The fraction of sp³-hybridized carbons (Fsp3) is 0.846. The Morgan fingerprint density at radius 3 is 2.42 bits per heavy atom. The summed E-state index contributed by atoms with van der Waals surface area (Å²) in [6, 6.07) is 0. The second kappa shape index (κ2) is 6.34. The summed E-state index contributed by atoms with van der Waals surface area (Å²) in [7, 11) is 1.34. The topological polar surface area (TPSA) is 90.7 Å². The molecule has 19 heavy (non-hydrogen) atoms. The number of carbonyl (C=O) groups is 2. The van der Waals surface area contributed by atoms with Gasteiger partial charge in [-0.25, -0.2) is 0 Å². The molecule has 0 aromatic heterocycles. The maximum atomic E-state index is 12.3. The number of nitrogens with one attached hydrogen (secondary N) is 1. The van der Waals surface area contributed by atoms with Gasteiger partial charge in [0.15, 0.2) is 0 Å². The number of rotatable bonds is 5. The highest BCUT2D eigenvalue weighted by atomic mass is 16.5. The summed E-state index contributed by atoms with van der Waals surface area (Å²) >= 11 is 0. The monoisotopic (exact) mass is 272 g/mol. The van der Waals surface area contributed by atoms with E-state index in [1.165, 1.54) is 7.11 Å². The molecule has 0 aliphatic carbocycles. The Bertz CT molecular complexity index is 336. The number of methoxy groups -OCH3 is 1. The van der Waals surface area contributed by atoms with Crippen LogP contribution in [-0.2, 0) is 19.1 Å². The van der Waals surface area contributed by atoms with Gasteiger partial charge in [-0.1, -0.05) is 0 Å². The molecule has 3 N–H and O–H groups in total. The molecule has 1 heterocycles. The van der Waals surface area contributed by atoms with Crippen LogP contribution >= 0.6 is 0 Å². The first kappa shape index (κ1) is 15.9. The standard InChI is InChI=1S/C13H24N2O4/c1-12(2,11(17)18-3)9-15-10(16)13(8-14)4-6-19-7-5-13/h4-9,14H2,1-3H3,(H,15,16). The third-order valence-electron chi connectivity index (χ3n) is 3.75. The molecule has 1 fully saturated rings. The molecule has 1 amide bonds. The SMILES string of the molecule is COC(=O)C(C)(C)CNC(=O)C1(CN)CCOCC1. The Hall–Kier alpha value is -1.14. The predicted octanol–water partition coefficient (Wildman–Crippen LogP) is 0.0573. The molecule has 0 atom stereocenters. The van der Waals surface area contributed by atoms with Crippen LogP contribution in [0, 0.1) is 10.8 Å². The van der Waals surface area contributed by atoms with Crippen molar-refractivity contribution in [1.82, 2.24) is 5.32 Å². The van der Waals surface area contributed by atoms with E-state index in [1.807, 2.05) is 0 Å². The highest BCUT2D eigenvalue weighted by Crippen LogP contribution is 2.29. The van der Waals surface area contributed by atoms with Crippen molar-refractivity contribution in [3.8, 4) is 0 Å². The molecule has 0 bridgehead atoms. The molecule has 0 radical (unpaired) electrons. The van der Waals surface area contributed by atoms with Crippen LogP contribution in [-0.4, -0.2) is 45.3 Å². The predicted molar refractivity (Wildman–Crippen MR) is 70.3 cm³/mol. The number of esters is 1. The number of ether oxygens (including phenoxy) is 2. The summed E-state index contributed by atoms with van der Waals surface area (Å²) in [5.74, 6) is -0.447. The summed E-state index contributed by atoms with van der Waals surface area (Å²) in [4.78, 5) is 23.9. The molecule has 0 unspecified atom stereocenters. The second-order valence-electron chi connectivity index (χ2n) is 5.65. The Kier molecular flexibility index (Phi) is 5.31. The number of hydrogen-bond acceptors (Lipinski definition) is 5. The van der Waals surface area contributed by atoms with Gasteiger partial charge in [0, 0.05) is 26.3 Å². The van der Waals surface area contributed by atoms with Crippen LogP contribution in [0.4, 0.5) is 0 Å². The Labute approximate surface area is 114 Å². The number of nitrogens with two attached hydrogens (primary N) is 1. The lowest BCUT2D eigenvalue weighted by Crippen LogP contribution is -2.51. The first-order valence-electron chi connectivity index (χ1n) is 6.52. The van der Waals surface area contributed by atoms with Crippen LogP contribution in [0.25, 0.3) is 0 Å². The molecule has 110 valence electrons. The minimum Gasteiger partial charge on any atom is -0.469 e. The van der Waals surface area contributed by atoms with Crippen molar-refractivity contribution in [1.29, 1.82) is 0 Å². The third kappa shape index (κ3) is 3.67. The molecule has 1 aliphatic rings. The lowest BCUT2D eigenvalue weighted by molar-refractivity contribution is -0.151. The van der Waals surface area contributed by atoms with Gasteiger partial charge in [-0.15, -0.1) is 0 Å². The lowest BCUT2D eigenvalue weighted by atomic mass is 9.79. The normalized spacial score (nSPS) is 18.7. The number of amides is 1. The summed E-state index contributed by atoms with van der Waals surface area (Å²) in [5, 5.41) is 2.82. The van der Waals surface area contributed by atoms with Gasteiger partial charge >= 0.3 is 5.97 Å². The molecular weight excluding hydrogens is 248 g/mol. The van der Waals surface area contributed by atoms with Gasteiger partial charge in [-0.3, -0.25) is 9.59 Å². The summed E-state index contributed by atoms with van der Waals surface area (Å²) < 4.78 is 9.98. The molecule has 6 heteroatoms. The quantitative estimate of drug-likeness (QED) is 0.690. The van der Waals surface area contributed by atoms with Gasteiger partial charge in [-0.05, 0) is 26.7 Å². The third-order valence-corrected chi connectivity index (χ3v) is 3.75. The van der Waals surface area contributed by atoms with Gasteiger partial charge in [0.05, 0.1) is 17.9 Å². The van der Waals surface area contributed by atoms with Gasteiger partial charge in [-0.2, -0.15) is 0 Å². The van der Waals surface area contributed by atoms with Crippen molar-refractivity contribution in [3.63, 3.8) is 0 Å². The summed E-state index contributed by atoms with van der Waals surface area (Å²) in [6.07, 6.45) is 1.24.